The van der Waals surface area contributed by atoms with Gasteiger partial charge in [-0.05, 0) is 67.9 Å². The Morgan fingerprint density at radius 2 is 1.83 bits per heavy atom. The molecule has 0 atom stereocenters. The zero-order valence-electron chi connectivity index (χ0n) is 17.2. The maximum absolute atomic E-state index is 13.3. The van der Waals surface area contributed by atoms with Crippen molar-refractivity contribution < 1.29 is 9.59 Å². The molecule has 0 aliphatic carbocycles. The van der Waals surface area contributed by atoms with Gasteiger partial charge in [-0.2, -0.15) is 0 Å². The second kappa shape index (κ2) is 7.88. The van der Waals surface area contributed by atoms with Crippen molar-refractivity contribution in [3.05, 3.63) is 70.9 Å². The highest BCUT2D eigenvalue weighted by Crippen LogP contribution is 2.27. The predicted octanol–water partition coefficient (Wildman–Crippen LogP) is 4.50. The third kappa shape index (κ3) is 3.44. The highest BCUT2D eigenvalue weighted by atomic mass is 32.1. The van der Waals surface area contributed by atoms with Crippen molar-refractivity contribution in [2.45, 2.75) is 33.7 Å². The monoisotopic (exact) mass is 417 g/mol. The topological polar surface area (TPSA) is 54.3 Å². The number of amides is 2. The first-order valence-electron chi connectivity index (χ1n) is 9.97. The first-order chi connectivity index (χ1) is 14.4. The largest absolute Gasteiger partial charge is 0.347 e. The van der Waals surface area contributed by atoms with Crippen LogP contribution in [-0.2, 0) is 16.1 Å². The number of benzene rings is 2. The van der Waals surface area contributed by atoms with Gasteiger partial charge in [-0.1, -0.05) is 31.2 Å². The lowest BCUT2D eigenvalue weighted by molar-refractivity contribution is -0.122. The minimum Gasteiger partial charge on any atom is -0.347 e. The molecule has 0 saturated carbocycles. The lowest BCUT2D eigenvalue weighted by Gasteiger charge is -2.29. The molecule has 0 unspecified atom stereocenters. The van der Waals surface area contributed by atoms with E-state index in [9.17, 15) is 9.59 Å². The summed E-state index contributed by atoms with van der Waals surface area (Å²) >= 11 is 5.31. The van der Waals surface area contributed by atoms with E-state index in [2.05, 4.69) is 16.8 Å². The lowest BCUT2D eigenvalue weighted by atomic mass is 10.0. The standard InChI is InChI=1S/C24H23N3O2S/c1-4-11-26-14-17(19-7-5-6-8-21(19)26)13-20-22(28)25-24(30)27(23(20)29)18-10-9-15(2)16(3)12-18/h5-10,12-14H,4,11H2,1-3H3,(H,25,28,30)/b20-13-. The summed E-state index contributed by atoms with van der Waals surface area (Å²) in [6.45, 7) is 6.97. The summed E-state index contributed by atoms with van der Waals surface area (Å²) < 4.78 is 2.15. The SMILES string of the molecule is CCCn1cc(/C=C2/C(=O)NC(=S)N(c3ccc(C)c(C)c3)C2=O)c2ccccc21. The molecule has 2 aromatic carbocycles. The van der Waals surface area contributed by atoms with Gasteiger partial charge in [0, 0.05) is 29.2 Å². The molecule has 1 aromatic heterocycles. The number of carbonyl (C=O) groups excluding carboxylic acids is 2. The maximum atomic E-state index is 13.3. The number of thiocarbonyl (C=S) groups is 1. The van der Waals surface area contributed by atoms with Crippen molar-refractivity contribution in [2.75, 3.05) is 4.90 Å². The summed E-state index contributed by atoms with van der Waals surface area (Å²) in [5.74, 6) is -0.892. The molecule has 0 spiro atoms. The van der Waals surface area contributed by atoms with Crippen LogP contribution in [-0.4, -0.2) is 21.5 Å². The Morgan fingerprint density at radius 1 is 1.07 bits per heavy atom. The molecule has 2 heterocycles. The normalized spacial score (nSPS) is 15.9. The first-order valence-corrected chi connectivity index (χ1v) is 10.4. The number of nitrogens with zero attached hydrogens (tertiary/aromatic N) is 2. The molecule has 0 radical (unpaired) electrons. The minimum absolute atomic E-state index is 0.0706. The van der Waals surface area contributed by atoms with Gasteiger partial charge in [0.05, 0.1) is 5.69 Å². The van der Waals surface area contributed by atoms with Crippen LogP contribution in [0.5, 0.6) is 0 Å². The van der Waals surface area contributed by atoms with Crippen LogP contribution in [0.1, 0.15) is 30.0 Å². The Hall–Kier alpha value is -3.25. The van der Waals surface area contributed by atoms with Crippen LogP contribution in [0.2, 0.25) is 0 Å². The van der Waals surface area contributed by atoms with E-state index in [4.69, 9.17) is 12.2 Å². The highest BCUT2D eigenvalue weighted by molar-refractivity contribution is 7.80. The number of hydrogen-bond acceptors (Lipinski definition) is 3. The van der Waals surface area contributed by atoms with Gasteiger partial charge in [-0.25, -0.2) is 0 Å². The molecular weight excluding hydrogens is 394 g/mol. The molecule has 3 aromatic rings. The van der Waals surface area contributed by atoms with Crippen LogP contribution in [0.25, 0.3) is 17.0 Å². The van der Waals surface area contributed by atoms with E-state index in [1.54, 1.807) is 6.08 Å². The molecule has 5 nitrogen and oxygen atoms in total. The zero-order chi connectivity index (χ0) is 21.4. The number of aryl methyl sites for hydroxylation is 3. The van der Waals surface area contributed by atoms with Gasteiger partial charge < -0.3 is 4.57 Å². The molecule has 0 bridgehead atoms. The Kier molecular flexibility index (Phi) is 5.26. The second-order valence-corrected chi connectivity index (χ2v) is 7.91. The van der Waals surface area contributed by atoms with Crippen molar-refractivity contribution in [3.63, 3.8) is 0 Å². The summed E-state index contributed by atoms with van der Waals surface area (Å²) in [5.41, 5.74) is 4.81. The second-order valence-electron chi connectivity index (χ2n) is 7.52. The van der Waals surface area contributed by atoms with Crippen molar-refractivity contribution in [1.82, 2.24) is 9.88 Å². The van der Waals surface area contributed by atoms with Crippen LogP contribution in [0, 0.1) is 13.8 Å². The fourth-order valence-electron chi connectivity index (χ4n) is 3.73. The summed E-state index contributed by atoms with van der Waals surface area (Å²) in [4.78, 5) is 27.4. The van der Waals surface area contributed by atoms with E-state index in [0.29, 0.717) is 5.69 Å². The smallest absolute Gasteiger partial charge is 0.270 e. The van der Waals surface area contributed by atoms with E-state index >= 15 is 0 Å². The van der Waals surface area contributed by atoms with Crippen molar-refractivity contribution >= 4 is 51.8 Å². The van der Waals surface area contributed by atoms with Crippen LogP contribution in [0.15, 0.2) is 54.2 Å². The molecule has 6 heteroatoms. The number of hydrogen-bond donors (Lipinski definition) is 1. The summed E-state index contributed by atoms with van der Waals surface area (Å²) in [7, 11) is 0. The number of rotatable bonds is 4. The summed E-state index contributed by atoms with van der Waals surface area (Å²) in [5, 5.41) is 3.77. The average molecular weight is 418 g/mol. The van der Waals surface area contributed by atoms with Crippen molar-refractivity contribution in [2.24, 2.45) is 0 Å². The summed E-state index contributed by atoms with van der Waals surface area (Å²) in [6.07, 6.45) is 4.65. The zero-order valence-corrected chi connectivity index (χ0v) is 18.0. The number of carbonyl (C=O) groups is 2. The Labute approximate surface area is 181 Å². The van der Waals surface area contributed by atoms with E-state index in [-0.39, 0.29) is 10.7 Å². The number of aromatic nitrogens is 1. The molecular formula is C24H23N3O2S. The summed E-state index contributed by atoms with van der Waals surface area (Å²) in [6, 6.07) is 13.7. The first kappa shape index (κ1) is 20.0. The van der Waals surface area contributed by atoms with Crippen LogP contribution in [0.3, 0.4) is 0 Å². The molecule has 30 heavy (non-hydrogen) atoms. The van der Waals surface area contributed by atoms with Crippen molar-refractivity contribution in [1.29, 1.82) is 0 Å². The van der Waals surface area contributed by atoms with Gasteiger partial charge in [0.1, 0.15) is 5.57 Å². The molecule has 4 rings (SSSR count). The van der Waals surface area contributed by atoms with Gasteiger partial charge in [-0.15, -0.1) is 0 Å². The van der Waals surface area contributed by atoms with Gasteiger partial charge >= 0.3 is 0 Å². The van der Waals surface area contributed by atoms with Gasteiger partial charge in [0.15, 0.2) is 5.11 Å². The third-order valence-corrected chi connectivity index (χ3v) is 5.72. The fourth-order valence-corrected chi connectivity index (χ4v) is 4.01. The average Bonchev–Trinajstić information content (AvgIpc) is 3.06. The quantitative estimate of drug-likeness (QED) is 0.386. The molecule has 1 saturated heterocycles. The number of anilines is 1. The van der Waals surface area contributed by atoms with Crippen LogP contribution < -0.4 is 10.2 Å². The molecule has 1 N–H and O–H groups in total. The molecule has 1 fully saturated rings. The molecule has 152 valence electrons. The number of fused-ring (bicyclic) bond motifs is 1. The number of nitrogens with one attached hydrogen (secondary N) is 1. The van der Waals surface area contributed by atoms with Crippen LogP contribution in [0.4, 0.5) is 5.69 Å². The highest BCUT2D eigenvalue weighted by Gasteiger charge is 2.34. The third-order valence-electron chi connectivity index (χ3n) is 5.43. The van der Waals surface area contributed by atoms with Gasteiger partial charge in [0.25, 0.3) is 11.8 Å². The van der Waals surface area contributed by atoms with E-state index < -0.39 is 11.8 Å². The number of para-hydroxylation sites is 1. The minimum atomic E-state index is -0.475. The molecule has 1 aliphatic rings. The van der Waals surface area contributed by atoms with Crippen LogP contribution >= 0.6 is 12.2 Å². The molecule has 1 aliphatic heterocycles. The Bertz CT molecular complexity index is 1220. The van der Waals surface area contributed by atoms with Gasteiger partial charge in [-0.3, -0.25) is 19.8 Å². The van der Waals surface area contributed by atoms with Gasteiger partial charge in [0.2, 0.25) is 0 Å². The van der Waals surface area contributed by atoms with E-state index in [0.717, 1.165) is 40.6 Å². The fraction of sp³-hybridized carbons (Fsp3) is 0.208. The Morgan fingerprint density at radius 3 is 2.57 bits per heavy atom. The lowest BCUT2D eigenvalue weighted by Crippen LogP contribution is -2.54. The predicted molar refractivity (Wildman–Crippen MR) is 124 cm³/mol. The Balaban J connectivity index is 1.80. The van der Waals surface area contributed by atoms with Crippen molar-refractivity contribution in [3.8, 4) is 0 Å². The maximum Gasteiger partial charge on any atom is 0.270 e. The molecule has 2 amide bonds. The van der Waals surface area contributed by atoms with E-state index in [1.807, 2.05) is 62.5 Å². The van der Waals surface area contributed by atoms with E-state index in [1.165, 1.54) is 4.90 Å².